The van der Waals surface area contributed by atoms with Crippen LogP contribution in [0.1, 0.15) is 117 Å². The lowest BCUT2D eigenvalue weighted by Crippen LogP contribution is -2.37. The summed E-state index contributed by atoms with van der Waals surface area (Å²) in [6, 6.07) is 10.4. The molecule has 1 heterocycles. The fourth-order valence-corrected chi connectivity index (χ4v) is 8.85. The van der Waals surface area contributed by atoms with E-state index in [1.165, 1.54) is 24.3 Å². The van der Waals surface area contributed by atoms with E-state index in [2.05, 4.69) is 22.6 Å². The maximum Gasteiger partial charge on any atom is 0.400 e. The molecule has 0 spiro atoms. The Hall–Kier alpha value is -3.34. The number of benzene rings is 3. The van der Waals surface area contributed by atoms with Crippen molar-refractivity contribution in [3.63, 3.8) is 0 Å². The molecule has 288 valence electrons. The number of hydrogen-bond acceptors (Lipinski definition) is 5. The summed E-state index contributed by atoms with van der Waals surface area (Å²) >= 11 is 0.854. The smallest absolute Gasteiger partial charge is 0.400 e. The minimum Gasteiger partial charge on any atom is -0.432 e. The van der Waals surface area contributed by atoms with Gasteiger partial charge in [-0.25, -0.2) is 8.78 Å². The summed E-state index contributed by atoms with van der Waals surface area (Å²) < 4.78 is 111. The molecule has 3 aromatic carbocycles. The second-order valence-corrected chi connectivity index (χ2v) is 15.7. The molecule has 0 radical (unpaired) electrons. The highest BCUT2D eigenvalue weighted by molar-refractivity contribution is 7.00. The molecule has 0 unspecified atom stereocenters. The molecular formula is C42H50F6N2O2S. The second kappa shape index (κ2) is 17.4. The van der Waals surface area contributed by atoms with Crippen molar-refractivity contribution >= 4 is 22.8 Å². The zero-order valence-corrected chi connectivity index (χ0v) is 31.4. The summed E-state index contributed by atoms with van der Waals surface area (Å²) in [6.45, 7) is 4.29. The molecule has 0 aliphatic heterocycles. The average molecular weight is 761 g/mol. The number of aromatic nitrogens is 2. The van der Waals surface area contributed by atoms with Crippen LogP contribution in [0.25, 0.3) is 33.3 Å². The van der Waals surface area contributed by atoms with Gasteiger partial charge in [0.1, 0.15) is 34.2 Å². The molecule has 2 aliphatic rings. The molecule has 0 atom stereocenters. The molecule has 0 N–H and O–H groups in total. The largest absolute Gasteiger partial charge is 0.432 e. The van der Waals surface area contributed by atoms with E-state index in [0.717, 1.165) is 101 Å². The zero-order valence-electron chi connectivity index (χ0n) is 30.6. The SMILES string of the molecule is CCCCC[C@H]1CC[C@H](C(F)(F)Oc2ccc(-c3ccc(-c4ccc(OC(F)(F)[C@H]5CC[C@H](CCCCC)CC5)cc4F)c4nsnc34)c(F)c2)CC1. The third-order valence-electron chi connectivity index (χ3n) is 11.5. The molecule has 6 rings (SSSR count). The van der Waals surface area contributed by atoms with E-state index in [0.29, 0.717) is 48.6 Å². The maximum absolute atomic E-state index is 15.6. The number of nitrogens with zero attached hydrogens (tertiary/aromatic N) is 2. The topological polar surface area (TPSA) is 44.2 Å². The van der Waals surface area contributed by atoms with Crippen molar-refractivity contribution < 1.29 is 35.8 Å². The van der Waals surface area contributed by atoms with E-state index in [4.69, 9.17) is 9.47 Å². The maximum atomic E-state index is 15.6. The molecule has 53 heavy (non-hydrogen) atoms. The van der Waals surface area contributed by atoms with Crippen molar-refractivity contribution in [2.45, 2.75) is 129 Å². The summed E-state index contributed by atoms with van der Waals surface area (Å²) in [5.41, 5.74) is 1.46. The lowest BCUT2D eigenvalue weighted by Gasteiger charge is -2.33. The van der Waals surface area contributed by atoms with Crippen LogP contribution in [-0.4, -0.2) is 21.0 Å². The molecule has 11 heteroatoms. The molecule has 2 fully saturated rings. The Balaban J connectivity index is 1.12. The third-order valence-corrected chi connectivity index (χ3v) is 12.0. The molecule has 4 nitrogen and oxygen atoms in total. The lowest BCUT2D eigenvalue weighted by atomic mass is 9.79. The normalized spacial score (nSPS) is 21.2. The minimum atomic E-state index is -3.43. The Labute approximate surface area is 313 Å². The first kappa shape index (κ1) is 39.4. The van der Waals surface area contributed by atoms with Gasteiger partial charge in [-0.2, -0.15) is 26.3 Å². The van der Waals surface area contributed by atoms with Gasteiger partial charge >= 0.3 is 12.2 Å². The Kier molecular flexibility index (Phi) is 12.9. The quantitative estimate of drug-likeness (QED) is 0.0843. The first-order valence-corrected chi connectivity index (χ1v) is 20.2. The predicted molar refractivity (Wildman–Crippen MR) is 199 cm³/mol. The minimum absolute atomic E-state index is 0.0962. The van der Waals surface area contributed by atoms with Crippen LogP contribution in [-0.2, 0) is 0 Å². The van der Waals surface area contributed by atoms with E-state index in [9.17, 15) is 0 Å². The lowest BCUT2D eigenvalue weighted by molar-refractivity contribution is -0.224. The second-order valence-electron chi connectivity index (χ2n) is 15.2. The van der Waals surface area contributed by atoms with Gasteiger partial charge in [0.25, 0.3) is 0 Å². The van der Waals surface area contributed by atoms with Crippen LogP contribution in [0.3, 0.4) is 0 Å². The monoisotopic (exact) mass is 760 g/mol. The average Bonchev–Trinajstić information content (AvgIpc) is 3.63. The summed E-state index contributed by atoms with van der Waals surface area (Å²) in [6.07, 6.45) is 6.55. The number of unbranched alkanes of at least 4 members (excludes halogenated alkanes) is 4. The summed E-state index contributed by atoms with van der Waals surface area (Å²) in [4.78, 5) is 0. The van der Waals surface area contributed by atoms with Crippen LogP contribution >= 0.6 is 11.7 Å². The van der Waals surface area contributed by atoms with E-state index < -0.39 is 35.7 Å². The fourth-order valence-electron chi connectivity index (χ4n) is 8.28. The Morgan fingerprint density at radius 1 is 0.566 bits per heavy atom. The van der Waals surface area contributed by atoms with Gasteiger partial charge in [-0.3, -0.25) is 0 Å². The van der Waals surface area contributed by atoms with Crippen molar-refractivity contribution in [1.29, 1.82) is 0 Å². The van der Waals surface area contributed by atoms with Crippen LogP contribution in [0.4, 0.5) is 26.3 Å². The number of ether oxygens (including phenoxy) is 2. The molecular weight excluding hydrogens is 711 g/mol. The summed E-state index contributed by atoms with van der Waals surface area (Å²) in [5.74, 6) is -3.01. The summed E-state index contributed by atoms with van der Waals surface area (Å²) in [7, 11) is 0. The van der Waals surface area contributed by atoms with Crippen molar-refractivity contribution in [3.8, 4) is 33.8 Å². The van der Waals surface area contributed by atoms with Gasteiger partial charge in [-0.05, 0) is 87.5 Å². The molecule has 2 saturated carbocycles. The van der Waals surface area contributed by atoms with E-state index in [1.807, 2.05) is 0 Å². The van der Waals surface area contributed by atoms with Crippen molar-refractivity contribution in [1.82, 2.24) is 8.75 Å². The first-order valence-electron chi connectivity index (χ1n) is 19.5. The van der Waals surface area contributed by atoms with Gasteiger partial charge in [0, 0.05) is 34.4 Å². The standard InChI is InChI=1S/C42H50F6N2O2S/c1-3-5-7-9-27-11-15-29(16-12-27)41(45,46)51-31-19-21-33(37(43)25-31)35-23-24-36(40-39(35)49-53-50-40)34-22-20-32(26-38(34)44)52-42(47,48)30-17-13-28(14-18-30)10-8-6-4-2/h19-30H,3-18H2,1-2H3/t27-,28-,29-,30-. The molecule has 0 saturated heterocycles. The highest BCUT2D eigenvalue weighted by Crippen LogP contribution is 2.44. The van der Waals surface area contributed by atoms with Gasteiger partial charge in [0.2, 0.25) is 0 Å². The number of halogens is 6. The molecule has 2 aliphatic carbocycles. The van der Waals surface area contributed by atoms with E-state index in [1.54, 1.807) is 12.1 Å². The van der Waals surface area contributed by atoms with Gasteiger partial charge in [-0.1, -0.05) is 77.3 Å². The van der Waals surface area contributed by atoms with E-state index >= 15 is 26.3 Å². The van der Waals surface area contributed by atoms with Crippen LogP contribution in [0.15, 0.2) is 48.5 Å². The van der Waals surface area contributed by atoms with Gasteiger partial charge in [-0.15, -0.1) is 0 Å². The van der Waals surface area contributed by atoms with Gasteiger partial charge in [0.15, 0.2) is 0 Å². The number of rotatable bonds is 16. The summed E-state index contributed by atoms with van der Waals surface area (Å²) in [5, 5.41) is 0. The zero-order chi connectivity index (χ0) is 37.6. The van der Waals surface area contributed by atoms with Gasteiger partial charge < -0.3 is 9.47 Å². The fraction of sp³-hybridized carbons (Fsp3) is 0.571. The number of fused-ring (bicyclic) bond motifs is 1. The van der Waals surface area contributed by atoms with Crippen LogP contribution in [0, 0.1) is 35.3 Å². The molecule has 0 amide bonds. The van der Waals surface area contributed by atoms with Crippen molar-refractivity contribution in [2.24, 2.45) is 23.7 Å². The Morgan fingerprint density at radius 3 is 1.30 bits per heavy atom. The highest BCUT2D eigenvalue weighted by Gasteiger charge is 2.45. The molecule has 0 bridgehead atoms. The first-order chi connectivity index (χ1) is 25.5. The molecule has 4 aromatic rings. The van der Waals surface area contributed by atoms with Crippen LogP contribution in [0.5, 0.6) is 11.5 Å². The highest BCUT2D eigenvalue weighted by atomic mass is 32.1. The Morgan fingerprint density at radius 2 is 0.943 bits per heavy atom. The van der Waals surface area contributed by atoms with Gasteiger partial charge in [0.05, 0.1) is 23.6 Å². The van der Waals surface area contributed by atoms with Crippen LogP contribution in [0.2, 0.25) is 0 Å². The van der Waals surface area contributed by atoms with E-state index in [-0.39, 0.29) is 33.7 Å². The van der Waals surface area contributed by atoms with Crippen molar-refractivity contribution in [3.05, 3.63) is 60.2 Å². The van der Waals surface area contributed by atoms with Crippen molar-refractivity contribution in [2.75, 3.05) is 0 Å². The number of hydrogen-bond donors (Lipinski definition) is 0. The third kappa shape index (κ3) is 9.49. The number of alkyl halides is 4. The predicted octanol–water partition coefficient (Wildman–Crippen LogP) is 14.0. The van der Waals surface area contributed by atoms with Crippen LogP contribution < -0.4 is 9.47 Å². The molecule has 1 aromatic heterocycles. The Bertz CT molecular complexity index is 1670.